The van der Waals surface area contributed by atoms with E-state index in [0.717, 1.165) is 16.8 Å². The van der Waals surface area contributed by atoms with Crippen LogP contribution >= 0.6 is 0 Å². The summed E-state index contributed by atoms with van der Waals surface area (Å²) in [5, 5.41) is 7.19. The minimum Gasteiger partial charge on any atom is -0.493 e. The van der Waals surface area contributed by atoms with E-state index in [-0.39, 0.29) is 5.91 Å². The number of amides is 1. The quantitative estimate of drug-likeness (QED) is 0.465. The predicted octanol–water partition coefficient (Wildman–Crippen LogP) is 4.39. The van der Waals surface area contributed by atoms with Gasteiger partial charge in [-0.15, -0.1) is 0 Å². The number of hydrogen-bond acceptors (Lipinski definition) is 4. The fourth-order valence-electron chi connectivity index (χ4n) is 3.12. The van der Waals surface area contributed by atoms with Crippen molar-refractivity contribution in [1.82, 2.24) is 15.1 Å². The minimum absolute atomic E-state index is 0.189. The zero-order chi connectivity index (χ0) is 21.5. The van der Waals surface area contributed by atoms with Crippen LogP contribution in [0.15, 0.2) is 91.3 Å². The molecule has 0 bridgehead atoms. The van der Waals surface area contributed by atoms with Crippen LogP contribution in [0.4, 0.5) is 0 Å². The van der Waals surface area contributed by atoms with Gasteiger partial charge in [-0.2, -0.15) is 5.10 Å². The third-order valence-electron chi connectivity index (χ3n) is 4.78. The number of carbonyl (C=O) groups excluding carboxylic acids is 1. The summed E-state index contributed by atoms with van der Waals surface area (Å²) in [5.74, 6) is 1.09. The first-order valence-corrected chi connectivity index (χ1v) is 9.95. The van der Waals surface area contributed by atoms with Gasteiger partial charge in [-0.05, 0) is 35.4 Å². The monoisotopic (exact) mass is 413 g/mol. The van der Waals surface area contributed by atoms with E-state index >= 15 is 0 Å². The maximum Gasteiger partial charge on any atom is 0.254 e. The molecule has 6 nitrogen and oxygen atoms in total. The summed E-state index contributed by atoms with van der Waals surface area (Å²) in [4.78, 5) is 12.5. The molecule has 31 heavy (non-hydrogen) atoms. The molecule has 4 aromatic rings. The van der Waals surface area contributed by atoms with Crippen LogP contribution in [-0.4, -0.2) is 22.8 Å². The molecule has 3 aromatic carbocycles. The summed E-state index contributed by atoms with van der Waals surface area (Å²) < 4.78 is 13.0. The van der Waals surface area contributed by atoms with Crippen molar-refractivity contribution in [1.29, 1.82) is 0 Å². The lowest BCUT2D eigenvalue weighted by atomic mass is 10.2. The molecule has 0 aliphatic rings. The first kappa shape index (κ1) is 20.2. The van der Waals surface area contributed by atoms with Crippen molar-refractivity contribution in [2.45, 2.75) is 13.2 Å². The SMILES string of the molecule is COc1cc(CNC(=O)c2cnn(-c3ccccc3)c2)ccc1OCc1ccccc1. The molecule has 1 aromatic heterocycles. The van der Waals surface area contributed by atoms with Crippen molar-refractivity contribution in [2.24, 2.45) is 0 Å². The second-order valence-corrected chi connectivity index (χ2v) is 6.95. The van der Waals surface area contributed by atoms with Gasteiger partial charge in [0.2, 0.25) is 0 Å². The number of nitrogens with zero attached hydrogens (tertiary/aromatic N) is 2. The first-order chi connectivity index (χ1) is 15.2. The number of methoxy groups -OCH3 is 1. The van der Waals surface area contributed by atoms with Gasteiger partial charge in [0, 0.05) is 12.7 Å². The molecule has 0 fully saturated rings. The zero-order valence-corrected chi connectivity index (χ0v) is 17.2. The van der Waals surface area contributed by atoms with E-state index in [1.165, 1.54) is 0 Å². The number of aromatic nitrogens is 2. The number of ether oxygens (including phenoxy) is 2. The summed E-state index contributed by atoms with van der Waals surface area (Å²) in [6, 6.07) is 25.2. The Labute approximate surface area is 181 Å². The third-order valence-corrected chi connectivity index (χ3v) is 4.78. The van der Waals surface area contributed by atoms with Gasteiger partial charge in [0.25, 0.3) is 5.91 Å². The molecule has 4 rings (SSSR count). The van der Waals surface area contributed by atoms with Crippen LogP contribution < -0.4 is 14.8 Å². The minimum atomic E-state index is -0.189. The van der Waals surface area contributed by atoms with E-state index in [0.29, 0.717) is 30.2 Å². The molecule has 156 valence electrons. The van der Waals surface area contributed by atoms with Gasteiger partial charge in [-0.3, -0.25) is 4.79 Å². The van der Waals surface area contributed by atoms with E-state index in [2.05, 4.69) is 10.4 Å². The normalized spacial score (nSPS) is 10.5. The van der Waals surface area contributed by atoms with Crippen LogP contribution in [0.2, 0.25) is 0 Å². The summed E-state index contributed by atoms with van der Waals surface area (Å²) in [6.07, 6.45) is 3.27. The first-order valence-electron chi connectivity index (χ1n) is 9.95. The Morgan fingerprint density at radius 2 is 1.68 bits per heavy atom. The summed E-state index contributed by atoms with van der Waals surface area (Å²) in [7, 11) is 1.60. The van der Waals surface area contributed by atoms with Crippen molar-refractivity contribution < 1.29 is 14.3 Å². The summed E-state index contributed by atoms with van der Waals surface area (Å²) in [5.41, 5.74) is 3.39. The van der Waals surface area contributed by atoms with Crippen LogP contribution in [-0.2, 0) is 13.2 Å². The number of rotatable bonds is 8. The lowest BCUT2D eigenvalue weighted by Crippen LogP contribution is -2.22. The fourth-order valence-corrected chi connectivity index (χ4v) is 3.12. The maximum atomic E-state index is 12.5. The summed E-state index contributed by atoms with van der Waals surface area (Å²) in [6.45, 7) is 0.823. The van der Waals surface area contributed by atoms with Crippen LogP contribution in [0.1, 0.15) is 21.5 Å². The van der Waals surface area contributed by atoms with Crippen molar-refractivity contribution in [3.05, 3.63) is 108 Å². The smallest absolute Gasteiger partial charge is 0.254 e. The highest BCUT2D eigenvalue weighted by Crippen LogP contribution is 2.29. The molecular weight excluding hydrogens is 390 g/mol. The zero-order valence-electron chi connectivity index (χ0n) is 17.2. The molecule has 0 radical (unpaired) electrons. The average molecular weight is 413 g/mol. The number of benzene rings is 3. The van der Waals surface area contributed by atoms with Crippen LogP contribution in [0, 0.1) is 0 Å². The Balaban J connectivity index is 1.37. The molecule has 0 atom stereocenters. The van der Waals surface area contributed by atoms with E-state index in [1.807, 2.05) is 78.9 Å². The Morgan fingerprint density at radius 1 is 0.935 bits per heavy atom. The second kappa shape index (κ2) is 9.63. The van der Waals surface area contributed by atoms with Crippen LogP contribution in [0.25, 0.3) is 5.69 Å². The number of nitrogens with one attached hydrogen (secondary N) is 1. The van der Waals surface area contributed by atoms with Crippen molar-refractivity contribution in [3.8, 4) is 17.2 Å². The maximum absolute atomic E-state index is 12.5. The summed E-state index contributed by atoms with van der Waals surface area (Å²) >= 11 is 0. The van der Waals surface area contributed by atoms with Crippen molar-refractivity contribution in [2.75, 3.05) is 7.11 Å². The van der Waals surface area contributed by atoms with Gasteiger partial charge < -0.3 is 14.8 Å². The van der Waals surface area contributed by atoms with Gasteiger partial charge in [-0.25, -0.2) is 4.68 Å². The Bertz CT molecular complexity index is 1140. The van der Waals surface area contributed by atoms with Gasteiger partial charge in [-0.1, -0.05) is 54.6 Å². The molecule has 0 unspecified atom stereocenters. The lowest BCUT2D eigenvalue weighted by Gasteiger charge is -2.12. The average Bonchev–Trinajstić information content (AvgIpc) is 3.33. The molecule has 1 N–H and O–H groups in total. The highest BCUT2D eigenvalue weighted by atomic mass is 16.5. The van der Waals surface area contributed by atoms with Gasteiger partial charge in [0.15, 0.2) is 11.5 Å². The molecule has 0 saturated carbocycles. The fraction of sp³-hybridized carbons (Fsp3) is 0.120. The lowest BCUT2D eigenvalue weighted by molar-refractivity contribution is 0.0951. The number of carbonyl (C=O) groups is 1. The third kappa shape index (κ3) is 5.11. The van der Waals surface area contributed by atoms with E-state index in [9.17, 15) is 4.79 Å². The van der Waals surface area contributed by atoms with Crippen molar-refractivity contribution >= 4 is 5.91 Å². The molecule has 0 spiro atoms. The molecule has 1 heterocycles. The van der Waals surface area contributed by atoms with Crippen LogP contribution in [0.5, 0.6) is 11.5 Å². The van der Waals surface area contributed by atoms with E-state index in [4.69, 9.17) is 9.47 Å². The highest BCUT2D eigenvalue weighted by molar-refractivity contribution is 5.93. The Kier molecular flexibility index (Phi) is 6.28. The van der Waals surface area contributed by atoms with E-state index in [1.54, 1.807) is 24.2 Å². The molecule has 0 aliphatic carbocycles. The van der Waals surface area contributed by atoms with Crippen LogP contribution in [0.3, 0.4) is 0 Å². The highest BCUT2D eigenvalue weighted by Gasteiger charge is 2.11. The number of hydrogen-bond donors (Lipinski definition) is 1. The molecular formula is C25H23N3O3. The van der Waals surface area contributed by atoms with Gasteiger partial charge in [0.1, 0.15) is 6.61 Å². The Morgan fingerprint density at radius 3 is 2.42 bits per heavy atom. The second-order valence-electron chi connectivity index (χ2n) is 6.95. The topological polar surface area (TPSA) is 65.4 Å². The number of para-hydroxylation sites is 1. The van der Waals surface area contributed by atoms with Gasteiger partial charge >= 0.3 is 0 Å². The molecule has 6 heteroatoms. The van der Waals surface area contributed by atoms with Gasteiger partial charge in [0.05, 0.1) is 24.6 Å². The largest absolute Gasteiger partial charge is 0.493 e. The molecule has 0 saturated heterocycles. The molecule has 1 amide bonds. The molecule has 0 aliphatic heterocycles. The van der Waals surface area contributed by atoms with E-state index < -0.39 is 0 Å². The predicted molar refractivity (Wildman–Crippen MR) is 119 cm³/mol. The van der Waals surface area contributed by atoms with Crippen molar-refractivity contribution in [3.63, 3.8) is 0 Å². The standard InChI is InChI=1S/C25H23N3O3/c1-30-24-14-20(12-13-23(24)31-18-19-8-4-2-5-9-19)15-26-25(29)21-16-27-28(17-21)22-10-6-3-7-11-22/h2-14,16-17H,15,18H2,1H3,(H,26,29). The Hall–Kier alpha value is -4.06.